The minimum Gasteiger partial charge on any atom is -0.389 e. The van der Waals surface area contributed by atoms with E-state index in [1.165, 1.54) is 0 Å². The lowest BCUT2D eigenvalue weighted by molar-refractivity contribution is 0.0795. The van der Waals surface area contributed by atoms with Gasteiger partial charge < -0.3 is 16.2 Å². The molecule has 4 heteroatoms. The summed E-state index contributed by atoms with van der Waals surface area (Å²) in [6.07, 6.45) is 0. The molecule has 0 bridgehead atoms. The summed E-state index contributed by atoms with van der Waals surface area (Å²) in [5.41, 5.74) is 5.86. The van der Waals surface area contributed by atoms with Crippen LogP contribution < -0.4 is 11.1 Å². The molecule has 4 N–H and O–H groups in total. The number of aliphatic hydroxyl groups is 1. The van der Waals surface area contributed by atoms with Gasteiger partial charge in [-0.15, -0.1) is 0 Å². The third-order valence-corrected chi connectivity index (χ3v) is 2.16. The lowest BCUT2D eigenvalue weighted by atomic mass is 10.1. The molecule has 0 spiro atoms. The van der Waals surface area contributed by atoms with Crippen molar-refractivity contribution in [2.45, 2.75) is 26.0 Å². The zero-order valence-electron chi connectivity index (χ0n) is 9.66. The molecule has 0 aromatic heterocycles. The van der Waals surface area contributed by atoms with Gasteiger partial charge in [-0.1, -0.05) is 18.2 Å². The molecule has 0 atom stereocenters. The van der Waals surface area contributed by atoms with Crippen LogP contribution in [0.25, 0.3) is 0 Å². The Morgan fingerprint density at radius 1 is 1.44 bits per heavy atom. The van der Waals surface area contributed by atoms with Crippen LogP contribution in [0.15, 0.2) is 24.3 Å². The summed E-state index contributed by atoms with van der Waals surface area (Å²) < 4.78 is 0. The largest absolute Gasteiger partial charge is 0.389 e. The summed E-state index contributed by atoms with van der Waals surface area (Å²) in [6.45, 7) is 4.42. The first-order chi connectivity index (χ1) is 7.40. The molecule has 0 saturated carbocycles. The summed E-state index contributed by atoms with van der Waals surface area (Å²) in [7, 11) is 0. The Labute approximate surface area is 95.5 Å². The number of hydrogen-bond donors (Lipinski definition) is 3. The van der Waals surface area contributed by atoms with Gasteiger partial charge in [0, 0.05) is 18.7 Å². The van der Waals surface area contributed by atoms with E-state index >= 15 is 0 Å². The van der Waals surface area contributed by atoms with Gasteiger partial charge in [-0.2, -0.15) is 0 Å². The molecule has 0 unspecified atom stereocenters. The first-order valence-electron chi connectivity index (χ1n) is 5.21. The van der Waals surface area contributed by atoms with Gasteiger partial charge in [0.1, 0.15) is 0 Å². The van der Waals surface area contributed by atoms with Gasteiger partial charge in [0.25, 0.3) is 0 Å². The van der Waals surface area contributed by atoms with Gasteiger partial charge in [0.15, 0.2) is 0 Å². The van der Waals surface area contributed by atoms with Crippen LogP contribution in [0.3, 0.4) is 0 Å². The van der Waals surface area contributed by atoms with Crippen molar-refractivity contribution in [1.82, 2.24) is 5.32 Å². The van der Waals surface area contributed by atoms with E-state index in [0.717, 1.165) is 5.56 Å². The minimum atomic E-state index is -0.762. The van der Waals surface area contributed by atoms with E-state index in [1.807, 2.05) is 12.1 Å². The summed E-state index contributed by atoms with van der Waals surface area (Å²) in [4.78, 5) is 11.1. The smallest absolute Gasteiger partial charge is 0.249 e. The number of rotatable bonds is 5. The number of nitrogens with one attached hydrogen (secondary N) is 1. The van der Waals surface area contributed by atoms with Gasteiger partial charge in [0.05, 0.1) is 5.60 Å². The van der Waals surface area contributed by atoms with Gasteiger partial charge in [-0.25, -0.2) is 0 Å². The van der Waals surface area contributed by atoms with Gasteiger partial charge >= 0.3 is 0 Å². The molecule has 1 amide bonds. The first kappa shape index (κ1) is 12.7. The fraction of sp³-hybridized carbons (Fsp3) is 0.417. The highest BCUT2D eigenvalue weighted by Crippen LogP contribution is 2.08. The maximum Gasteiger partial charge on any atom is 0.249 e. The number of hydrogen-bond acceptors (Lipinski definition) is 3. The monoisotopic (exact) mass is 222 g/mol. The topological polar surface area (TPSA) is 75.3 Å². The summed E-state index contributed by atoms with van der Waals surface area (Å²) in [6, 6.07) is 7.17. The van der Waals surface area contributed by atoms with Crippen LogP contribution in [0.5, 0.6) is 0 Å². The molecule has 4 nitrogen and oxygen atoms in total. The zero-order chi connectivity index (χ0) is 12.2. The average molecular weight is 222 g/mol. The molecule has 0 aliphatic heterocycles. The van der Waals surface area contributed by atoms with Gasteiger partial charge in [-0.3, -0.25) is 4.79 Å². The molecule has 88 valence electrons. The Morgan fingerprint density at radius 3 is 2.62 bits per heavy atom. The number of amides is 1. The Kier molecular flexibility index (Phi) is 4.04. The van der Waals surface area contributed by atoms with Crippen LogP contribution in [-0.4, -0.2) is 23.2 Å². The molecule has 0 radical (unpaired) electrons. The van der Waals surface area contributed by atoms with Crippen molar-refractivity contribution in [3.63, 3.8) is 0 Å². The Bertz CT molecular complexity index is 370. The normalized spacial score (nSPS) is 11.4. The third kappa shape index (κ3) is 4.00. The molecule has 0 aliphatic rings. The minimum absolute atomic E-state index is 0.430. The van der Waals surface area contributed by atoms with Gasteiger partial charge in [-0.05, 0) is 25.5 Å². The van der Waals surface area contributed by atoms with Crippen LogP contribution in [0.1, 0.15) is 29.8 Å². The quantitative estimate of drug-likeness (QED) is 0.684. The van der Waals surface area contributed by atoms with Crippen molar-refractivity contribution in [3.05, 3.63) is 35.4 Å². The number of carbonyl (C=O) groups is 1. The van der Waals surface area contributed by atoms with Crippen molar-refractivity contribution < 1.29 is 9.90 Å². The van der Waals surface area contributed by atoms with E-state index in [0.29, 0.717) is 18.7 Å². The maximum absolute atomic E-state index is 11.1. The van der Waals surface area contributed by atoms with Crippen LogP contribution >= 0.6 is 0 Å². The van der Waals surface area contributed by atoms with Crippen LogP contribution in [0, 0.1) is 0 Å². The number of benzene rings is 1. The highest BCUT2D eigenvalue weighted by Gasteiger charge is 2.12. The summed E-state index contributed by atoms with van der Waals surface area (Å²) >= 11 is 0. The molecule has 0 saturated heterocycles. The fourth-order valence-electron chi connectivity index (χ4n) is 1.42. The molecule has 0 aliphatic carbocycles. The fourth-order valence-corrected chi connectivity index (χ4v) is 1.42. The van der Waals surface area contributed by atoms with Crippen LogP contribution in [0.4, 0.5) is 0 Å². The highest BCUT2D eigenvalue weighted by molar-refractivity contribution is 5.94. The van der Waals surface area contributed by atoms with E-state index in [9.17, 15) is 9.90 Å². The lowest BCUT2D eigenvalue weighted by Gasteiger charge is -2.18. The molecule has 16 heavy (non-hydrogen) atoms. The first-order valence-corrected chi connectivity index (χ1v) is 5.21. The number of nitrogens with two attached hydrogens (primary N) is 1. The maximum atomic E-state index is 11.1. The van der Waals surface area contributed by atoms with E-state index in [4.69, 9.17) is 5.73 Å². The van der Waals surface area contributed by atoms with E-state index in [2.05, 4.69) is 5.32 Å². The van der Waals surface area contributed by atoms with Crippen molar-refractivity contribution >= 4 is 5.91 Å². The molecule has 0 fully saturated rings. The molecule has 1 aromatic carbocycles. The van der Waals surface area contributed by atoms with Crippen LogP contribution in [-0.2, 0) is 6.54 Å². The van der Waals surface area contributed by atoms with Crippen molar-refractivity contribution in [2.24, 2.45) is 5.73 Å². The zero-order valence-corrected chi connectivity index (χ0v) is 9.66. The Morgan fingerprint density at radius 2 is 2.06 bits per heavy atom. The highest BCUT2D eigenvalue weighted by atomic mass is 16.3. The Hall–Kier alpha value is -1.39. The third-order valence-electron chi connectivity index (χ3n) is 2.16. The molecular formula is C12H18N2O2. The predicted octanol–water partition coefficient (Wildman–Crippen LogP) is 0.646. The van der Waals surface area contributed by atoms with Crippen LogP contribution in [0.2, 0.25) is 0 Å². The second-order valence-electron chi connectivity index (χ2n) is 4.44. The number of primary amides is 1. The molecule has 0 heterocycles. The van der Waals surface area contributed by atoms with E-state index in [1.54, 1.807) is 26.0 Å². The Balaban J connectivity index is 2.64. The van der Waals surface area contributed by atoms with Crippen molar-refractivity contribution in [1.29, 1.82) is 0 Å². The van der Waals surface area contributed by atoms with Crippen molar-refractivity contribution in [2.75, 3.05) is 6.54 Å². The SMILES string of the molecule is CC(C)(O)CNCc1ccccc1C(N)=O. The lowest BCUT2D eigenvalue weighted by Crippen LogP contribution is -2.34. The summed E-state index contributed by atoms with van der Waals surface area (Å²) in [5.74, 6) is -0.430. The standard InChI is InChI=1S/C12H18N2O2/c1-12(2,16)8-14-7-9-5-3-4-6-10(9)11(13)15/h3-6,14,16H,7-8H2,1-2H3,(H2,13,15). The second-order valence-corrected chi connectivity index (χ2v) is 4.44. The summed E-state index contributed by atoms with van der Waals surface area (Å²) in [5, 5.41) is 12.6. The van der Waals surface area contributed by atoms with Crippen molar-refractivity contribution in [3.8, 4) is 0 Å². The van der Waals surface area contributed by atoms with E-state index in [-0.39, 0.29) is 0 Å². The average Bonchev–Trinajstić information content (AvgIpc) is 2.16. The van der Waals surface area contributed by atoms with Gasteiger partial charge in [0.2, 0.25) is 5.91 Å². The number of carbonyl (C=O) groups excluding carboxylic acids is 1. The molecule has 1 rings (SSSR count). The second kappa shape index (κ2) is 5.09. The molecular weight excluding hydrogens is 204 g/mol. The predicted molar refractivity (Wildman–Crippen MR) is 63.0 cm³/mol. The van der Waals surface area contributed by atoms with E-state index < -0.39 is 11.5 Å². The molecule has 1 aromatic rings.